The van der Waals surface area contributed by atoms with Gasteiger partial charge < -0.3 is 20.5 Å². The van der Waals surface area contributed by atoms with E-state index in [0.29, 0.717) is 26.1 Å². The van der Waals surface area contributed by atoms with E-state index >= 15 is 0 Å². The predicted octanol–water partition coefficient (Wildman–Crippen LogP) is 2.63. The third-order valence-corrected chi connectivity index (χ3v) is 7.53. The minimum atomic E-state index is -0.500. The maximum absolute atomic E-state index is 13.2. The van der Waals surface area contributed by atoms with Crippen molar-refractivity contribution in [2.75, 3.05) is 20.3 Å². The summed E-state index contributed by atoms with van der Waals surface area (Å²) in [5, 5.41) is 3.22. The summed E-state index contributed by atoms with van der Waals surface area (Å²) in [4.78, 5) is 32.7. The SMILES string of the molecule is COCCC([C@@H]1C[C@H]1C(=O)N[C@H]1CCOc2ccccc21)N1C(=O)C[C@](C)(C(C)C)N=C1N. The molecule has 1 aromatic carbocycles. The van der Waals surface area contributed by atoms with E-state index in [2.05, 4.69) is 19.2 Å². The normalized spacial score (nSPS) is 29.7. The largest absolute Gasteiger partial charge is 0.493 e. The molecule has 1 unspecified atom stereocenters. The summed E-state index contributed by atoms with van der Waals surface area (Å²) in [6.45, 7) is 7.15. The second kappa shape index (κ2) is 9.33. The molecule has 2 aliphatic heterocycles. The number of para-hydroxylation sites is 1. The minimum Gasteiger partial charge on any atom is -0.493 e. The highest BCUT2D eigenvalue weighted by Gasteiger charge is 2.52. The molecule has 2 amide bonds. The number of aliphatic imine (C=N–C) groups is 1. The van der Waals surface area contributed by atoms with Crippen LogP contribution < -0.4 is 15.8 Å². The van der Waals surface area contributed by atoms with E-state index < -0.39 is 5.54 Å². The molecular formula is C25H36N4O4. The molecule has 3 aliphatic rings. The number of nitrogens with two attached hydrogens (primary N) is 1. The molecule has 0 spiro atoms. The average molecular weight is 457 g/mol. The van der Waals surface area contributed by atoms with Gasteiger partial charge >= 0.3 is 0 Å². The van der Waals surface area contributed by atoms with Crippen LogP contribution in [0.15, 0.2) is 29.3 Å². The molecule has 33 heavy (non-hydrogen) atoms. The summed E-state index contributed by atoms with van der Waals surface area (Å²) in [5.41, 5.74) is 6.86. The molecule has 1 aromatic rings. The first-order valence-corrected chi connectivity index (χ1v) is 11.9. The van der Waals surface area contributed by atoms with Crippen LogP contribution in [0.3, 0.4) is 0 Å². The Bertz CT molecular complexity index is 933. The van der Waals surface area contributed by atoms with E-state index in [1.165, 1.54) is 0 Å². The maximum Gasteiger partial charge on any atom is 0.231 e. The zero-order valence-electron chi connectivity index (χ0n) is 20.0. The Labute approximate surface area is 195 Å². The van der Waals surface area contributed by atoms with Crippen LogP contribution in [0.2, 0.25) is 0 Å². The van der Waals surface area contributed by atoms with Crippen LogP contribution in [-0.2, 0) is 14.3 Å². The van der Waals surface area contributed by atoms with Crippen molar-refractivity contribution in [2.45, 2.75) is 64.1 Å². The topological polar surface area (TPSA) is 106 Å². The second-order valence-corrected chi connectivity index (χ2v) is 10.0. The number of carbonyl (C=O) groups is 2. The number of rotatable bonds is 8. The van der Waals surface area contributed by atoms with Gasteiger partial charge in [0.05, 0.1) is 24.6 Å². The fourth-order valence-corrected chi connectivity index (χ4v) is 5.05. The number of hydrogen-bond acceptors (Lipinski definition) is 6. The number of ether oxygens (including phenoxy) is 2. The Morgan fingerprint density at radius 3 is 2.85 bits per heavy atom. The Morgan fingerprint density at radius 1 is 1.39 bits per heavy atom. The van der Waals surface area contributed by atoms with Crippen LogP contribution >= 0.6 is 0 Å². The molecule has 0 saturated heterocycles. The van der Waals surface area contributed by atoms with E-state index in [-0.39, 0.29) is 47.6 Å². The first-order chi connectivity index (χ1) is 15.7. The van der Waals surface area contributed by atoms with Crippen LogP contribution in [0.5, 0.6) is 5.75 Å². The minimum absolute atomic E-state index is 0.0239. The van der Waals surface area contributed by atoms with Crippen LogP contribution in [0, 0.1) is 17.8 Å². The number of nitrogens with one attached hydrogen (secondary N) is 1. The smallest absolute Gasteiger partial charge is 0.231 e. The quantitative estimate of drug-likeness (QED) is 0.625. The van der Waals surface area contributed by atoms with E-state index in [9.17, 15) is 9.59 Å². The van der Waals surface area contributed by atoms with Gasteiger partial charge in [-0.15, -0.1) is 0 Å². The van der Waals surface area contributed by atoms with Gasteiger partial charge in [0.25, 0.3) is 0 Å². The first-order valence-electron chi connectivity index (χ1n) is 11.9. The average Bonchev–Trinajstić information content (AvgIpc) is 3.56. The Balaban J connectivity index is 1.48. The maximum atomic E-state index is 13.2. The molecule has 8 nitrogen and oxygen atoms in total. The Kier molecular flexibility index (Phi) is 6.66. The van der Waals surface area contributed by atoms with Gasteiger partial charge in [-0.25, -0.2) is 4.99 Å². The molecular weight excluding hydrogens is 420 g/mol. The number of fused-ring (bicyclic) bond motifs is 1. The summed E-state index contributed by atoms with van der Waals surface area (Å²) < 4.78 is 11.0. The van der Waals surface area contributed by atoms with Gasteiger partial charge in [0, 0.05) is 37.7 Å². The summed E-state index contributed by atoms with van der Waals surface area (Å²) in [6.07, 6.45) is 2.40. The summed E-state index contributed by atoms with van der Waals surface area (Å²) in [6, 6.07) is 7.57. The van der Waals surface area contributed by atoms with Crippen molar-refractivity contribution in [2.24, 2.45) is 28.5 Å². The molecule has 1 saturated carbocycles. The number of methoxy groups -OCH3 is 1. The van der Waals surface area contributed by atoms with Crippen LogP contribution in [0.4, 0.5) is 0 Å². The lowest BCUT2D eigenvalue weighted by Gasteiger charge is -2.41. The number of hydrogen-bond donors (Lipinski definition) is 2. The monoisotopic (exact) mass is 456 g/mol. The Hall–Kier alpha value is -2.61. The molecule has 8 heteroatoms. The van der Waals surface area contributed by atoms with Gasteiger partial charge in [0.2, 0.25) is 11.8 Å². The molecule has 180 valence electrons. The lowest BCUT2D eigenvalue weighted by atomic mass is 9.84. The highest BCUT2D eigenvalue weighted by molar-refractivity contribution is 5.99. The van der Waals surface area contributed by atoms with Crippen molar-refractivity contribution in [1.82, 2.24) is 10.2 Å². The number of nitrogens with zero attached hydrogens (tertiary/aromatic N) is 2. The number of carbonyl (C=O) groups excluding carboxylic acids is 2. The molecule has 0 bridgehead atoms. The highest BCUT2D eigenvalue weighted by Crippen LogP contribution is 2.46. The fraction of sp³-hybridized carbons (Fsp3) is 0.640. The van der Waals surface area contributed by atoms with Gasteiger partial charge in [0.15, 0.2) is 5.96 Å². The third kappa shape index (κ3) is 4.71. The van der Waals surface area contributed by atoms with Crippen molar-refractivity contribution < 1.29 is 19.1 Å². The molecule has 0 aromatic heterocycles. The number of amides is 2. The van der Waals surface area contributed by atoms with Gasteiger partial charge in [0.1, 0.15) is 5.75 Å². The lowest BCUT2D eigenvalue weighted by molar-refractivity contribution is -0.133. The van der Waals surface area contributed by atoms with Crippen molar-refractivity contribution in [1.29, 1.82) is 0 Å². The van der Waals surface area contributed by atoms with Crippen LogP contribution in [0.25, 0.3) is 0 Å². The van der Waals surface area contributed by atoms with Gasteiger partial charge in [-0.3, -0.25) is 14.5 Å². The van der Waals surface area contributed by atoms with Crippen LogP contribution in [0.1, 0.15) is 58.1 Å². The molecule has 1 fully saturated rings. The fourth-order valence-electron chi connectivity index (χ4n) is 5.05. The Morgan fingerprint density at radius 2 is 2.15 bits per heavy atom. The van der Waals surface area contributed by atoms with Gasteiger partial charge in [-0.05, 0) is 37.7 Å². The zero-order valence-corrected chi connectivity index (χ0v) is 20.0. The van der Waals surface area contributed by atoms with Crippen molar-refractivity contribution in [3.63, 3.8) is 0 Å². The molecule has 1 aliphatic carbocycles. The van der Waals surface area contributed by atoms with Gasteiger partial charge in [-0.2, -0.15) is 0 Å². The molecule has 5 atom stereocenters. The van der Waals surface area contributed by atoms with Crippen molar-refractivity contribution in [3.8, 4) is 5.75 Å². The van der Waals surface area contributed by atoms with Crippen LogP contribution in [-0.4, -0.2) is 54.6 Å². The molecule has 0 radical (unpaired) electrons. The zero-order chi connectivity index (χ0) is 23.8. The molecule has 2 heterocycles. The van der Waals surface area contributed by atoms with E-state index in [4.69, 9.17) is 20.2 Å². The molecule has 3 N–H and O–H groups in total. The van der Waals surface area contributed by atoms with E-state index in [1.54, 1.807) is 12.0 Å². The van der Waals surface area contributed by atoms with E-state index in [0.717, 1.165) is 24.2 Å². The summed E-state index contributed by atoms with van der Waals surface area (Å²) in [5.74, 6) is 1.17. The highest BCUT2D eigenvalue weighted by atomic mass is 16.5. The molecule has 4 rings (SSSR count). The summed E-state index contributed by atoms with van der Waals surface area (Å²) >= 11 is 0. The second-order valence-electron chi connectivity index (χ2n) is 10.0. The predicted molar refractivity (Wildman–Crippen MR) is 126 cm³/mol. The number of benzene rings is 1. The van der Waals surface area contributed by atoms with E-state index in [1.807, 2.05) is 31.2 Å². The summed E-state index contributed by atoms with van der Waals surface area (Å²) in [7, 11) is 1.64. The number of guanidine groups is 1. The lowest BCUT2D eigenvalue weighted by Crippen LogP contribution is -2.57. The standard InChI is InChI=1S/C25H36N4O4/c1-15(2)25(3)14-22(30)29(24(26)28-25)20(10-11-32-4)17-13-18(17)23(31)27-19-9-12-33-21-8-6-5-7-16(19)21/h5-8,15,17-20H,9-14H2,1-4H3,(H2,26,28)(H,27,31)/t17-,18-,19+,20?,25-/m1/s1. The third-order valence-electron chi connectivity index (χ3n) is 7.53. The first kappa shape index (κ1) is 23.5. The van der Waals surface area contributed by atoms with Crippen molar-refractivity contribution in [3.05, 3.63) is 29.8 Å². The van der Waals surface area contributed by atoms with Crippen molar-refractivity contribution >= 4 is 17.8 Å². The van der Waals surface area contributed by atoms with Gasteiger partial charge in [-0.1, -0.05) is 32.0 Å².